The molecule has 3 saturated heterocycles. The highest BCUT2D eigenvalue weighted by Gasteiger charge is 2.70. The molecule has 0 bridgehead atoms. The van der Waals surface area contributed by atoms with Gasteiger partial charge in [-0.1, -0.05) is 37.3 Å². The monoisotopic (exact) mass is 440 g/mol. The molecule has 2 unspecified atom stereocenters. The van der Waals surface area contributed by atoms with Crippen molar-refractivity contribution in [1.82, 2.24) is 15.1 Å². The number of halogens is 1. The van der Waals surface area contributed by atoms with Crippen LogP contribution in [0.4, 0.5) is 10.1 Å². The van der Waals surface area contributed by atoms with Gasteiger partial charge in [-0.15, -0.1) is 0 Å². The lowest BCUT2D eigenvalue weighted by atomic mass is 9.79. The fraction of sp³-hybridized carbons (Fsp3) is 0.480. The Morgan fingerprint density at radius 2 is 1.69 bits per heavy atom. The highest BCUT2D eigenvalue weighted by molar-refractivity contribution is 5.92. The summed E-state index contributed by atoms with van der Waals surface area (Å²) in [6.45, 7) is 5.07. The zero-order valence-corrected chi connectivity index (χ0v) is 18.5. The van der Waals surface area contributed by atoms with Crippen LogP contribution in [-0.2, 0) is 20.1 Å². The molecule has 3 fully saturated rings. The maximum Gasteiger partial charge on any atom is 0.286 e. The van der Waals surface area contributed by atoms with Gasteiger partial charge in [0.15, 0.2) is 18.2 Å². The standard InChI is InChI=1S/C25H30FN3O3/c1-2-22(25(31-16-17-32-25)19-8-10-20(26)11-9-19)29(21-6-4-3-5-7-21)18-28-23(30)24(29)12-14-27-15-13-24/h3-11,22,27H,2,12-18H2,1H3/p+1. The molecule has 2 atom stereocenters. The highest BCUT2D eigenvalue weighted by Crippen LogP contribution is 2.51. The molecule has 1 spiro atoms. The molecule has 32 heavy (non-hydrogen) atoms. The molecule has 0 radical (unpaired) electrons. The van der Waals surface area contributed by atoms with Gasteiger partial charge < -0.3 is 20.1 Å². The summed E-state index contributed by atoms with van der Waals surface area (Å²) >= 11 is 0. The molecule has 5 rings (SSSR count). The smallest absolute Gasteiger partial charge is 0.286 e. The van der Waals surface area contributed by atoms with Crippen LogP contribution < -0.4 is 15.1 Å². The first-order chi connectivity index (χ1) is 15.6. The molecule has 2 N–H and O–H groups in total. The first-order valence-corrected chi connectivity index (χ1v) is 11.6. The van der Waals surface area contributed by atoms with Crippen LogP contribution in [0.2, 0.25) is 0 Å². The van der Waals surface area contributed by atoms with E-state index in [0.29, 0.717) is 24.4 Å². The lowest BCUT2D eigenvalue weighted by Crippen LogP contribution is -2.75. The predicted molar refractivity (Wildman–Crippen MR) is 120 cm³/mol. The van der Waals surface area contributed by atoms with Crippen LogP contribution in [0.25, 0.3) is 0 Å². The second-order valence-corrected chi connectivity index (χ2v) is 8.95. The van der Waals surface area contributed by atoms with E-state index in [4.69, 9.17) is 9.47 Å². The van der Waals surface area contributed by atoms with E-state index in [1.807, 2.05) is 18.2 Å². The Morgan fingerprint density at radius 3 is 2.31 bits per heavy atom. The molecule has 0 aliphatic carbocycles. The molecule has 0 aromatic heterocycles. The highest BCUT2D eigenvalue weighted by atomic mass is 19.1. The van der Waals surface area contributed by atoms with Gasteiger partial charge in [0.05, 0.1) is 13.2 Å². The van der Waals surface area contributed by atoms with Crippen molar-refractivity contribution >= 4 is 11.6 Å². The zero-order valence-electron chi connectivity index (χ0n) is 18.5. The van der Waals surface area contributed by atoms with Gasteiger partial charge in [-0.2, -0.15) is 0 Å². The van der Waals surface area contributed by atoms with E-state index >= 15 is 0 Å². The van der Waals surface area contributed by atoms with Crippen LogP contribution in [0.5, 0.6) is 0 Å². The lowest BCUT2D eigenvalue weighted by Gasteiger charge is -2.55. The maximum atomic E-state index is 13.8. The average Bonchev–Trinajstić information content (AvgIpc) is 3.42. The molecule has 6 nitrogen and oxygen atoms in total. The molecular weight excluding hydrogens is 409 g/mol. The molecule has 3 aliphatic rings. The number of carbonyl (C=O) groups is 1. The number of ether oxygens (including phenoxy) is 2. The van der Waals surface area contributed by atoms with Crippen LogP contribution in [-0.4, -0.2) is 50.5 Å². The molecule has 2 aromatic carbocycles. The van der Waals surface area contributed by atoms with E-state index in [1.54, 1.807) is 12.1 Å². The summed E-state index contributed by atoms with van der Waals surface area (Å²) in [5.41, 5.74) is 1.23. The van der Waals surface area contributed by atoms with Gasteiger partial charge in [0, 0.05) is 37.9 Å². The number of benzene rings is 2. The molecule has 3 heterocycles. The lowest BCUT2D eigenvalue weighted by molar-refractivity contribution is -0.219. The van der Waals surface area contributed by atoms with Crippen LogP contribution in [0.3, 0.4) is 0 Å². The first-order valence-electron chi connectivity index (χ1n) is 11.6. The van der Waals surface area contributed by atoms with Crippen molar-refractivity contribution in [2.75, 3.05) is 33.0 Å². The number of piperidine rings is 1. The molecule has 7 heteroatoms. The number of nitrogens with zero attached hydrogens (tertiary/aromatic N) is 1. The number of amides is 1. The number of carbonyl (C=O) groups excluding carboxylic acids is 1. The maximum absolute atomic E-state index is 13.8. The van der Waals surface area contributed by atoms with E-state index < -0.39 is 11.3 Å². The second kappa shape index (κ2) is 8.23. The quantitative estimate of drug-likeness (QED) is 0.702. The molecule has 3 aliphatic heterocycles. The summed E-state index contributed by atoms with van der Waals surface area (Å²) in [6, 6.07) is 16.5. The molecule has 2 aromatic rings. The Labute approximate surface area is 188 Å². The summed E-state index contributed by atoms with van der Waals surface area (Å²) in [5, 5.41) is 6.65. The van der Waals surface area contributed by atoms with Crippen molar-refractivity contribution in [2.45, 2.75) is 43.6 Å². The van der Waals surface area contributed by atoms with Gasteiger partial charge in [-0.3, -0.25) is 9.28 Å². The summed E-state index contributed by atoms with van der Waals surface area (Å²) in [6.07, 6.45) is 2.17. The number of nitrogens with one attached hydrogen (secondary N) is 2. The van der Waals surface area contributed by atoms with Gasteiger partial charge in [-0.25, -0.2) is 4.39 Å². The van der Waals surface area contributed by atoms with Crippen LogP contribution in [0.1, 0.15) is 31.7 Å². The van der Waals surface area contributed by atoms with Crippen LogP contribution in [0, 0.1) is 5.82 Å². The van der Waals surface area contributed by atoms with Crippen LogP contribution >= 0.6 is 0 Å². The molecule has 0 saturated carbocycles. The molecule has 170 valence electrons. The number of hydrogen-bond donors (Lipinski definition) is 2. The van der Waals surface area contributed by atoms with Crippen molar-refractivity contribution in [1.29, 1.82) is 0 Å². The van der Waals surface area contributed by atoms with Gasteiger partial charge in [0.1, 0.15) is 11.5 Å². The minimum atomic E-state index is -1.07. The first kappa shape index (κ1) is 21.5. The minimum Gasteiger partial charge on any atom is -0.339 e. The van der Waals surface area contributed by atoms with Gasteiger partial charge >= 0.3 is 0 Å². The third-order valence-corrected chi connectivity index (χ3v) is 7.64. The Balaban J connectivity index is 1.75. The third-order valence-electron chi connectivity index (χ3n) is 7.64. The third kappa shape index (κ3) is 2.95. The Morgan fingerprint density at radius 1 is 1.03 bits per heavy atom. The van der Waals surface area contributed by atoms with Gasteiger partial charge in [0.2, 0.25) is 5.79 Å². The topological polar surface area (TPSA) is 59.6 Å². The van der Waals surface area contributed by atoms with E-state index in [-0.39, 0.29) is 17.8 Å². The average molecular weight is 441 g/mol. The number of rotatable bonds is 5. The summed E-state index contributed by atoms with van der Waals surface area (Å²) in [5.74, 6) is -1.27. The fourth-order valence-corrected chi connectivity index (χ4v) is 6.31. The summed E-state index contributed by atoms with van der Waals surface area (Å²) < 4.78 is 27.1. The van der Waals surface area contributed by atoms with Gasteiger partial charge in [0.25, 0.3) is 5.91 Å². The number of para-hydroxylation sites is 1. The SMILES string of the molecule is CCC(C1(c2ccc(F)cc2)OCCO1)[N+]1(c2ccccc2)CNC(=O)C12CCNCC2. The normalized spacial score (nSPS) is 27.4. The number of hydrogen-bond acceptors (Lipinski definition) is 4. The van der Waals surface area contributed by atoms with Crippen molar-refractivity contribution in [3.8, 4) is 0 Å². The Kier molecular flexibility index (Phi) is 5.53. The largest absolute Gasteiger partial charge is 0.339 e. The Bertz CT molecular complexity index is 956. The van der Waals surface area contributed by atoms with Crippen LogP contribution in [0.15, 0.2) is 54.6 Å². The predicted octanol–water partition coefficient (Wildman–Crippen LogP) is 3.02. The van der Waals surface area contributed by atoms with Crippen molar-refractivity contribution in [3.63, 3.8) is 0 Å². The second-order valence-electron chi connectivity index (χ2n) is 8.95. The van der Waals surface area contributed by atoms with Gasteiger partial charge in [-0.05, 0) is 24.3 Å². The van der Waals surface area contributed by atoms with Crippen molar-refractivity contribution in [3.05, 3.63) is 66.0 Å². The molecular formula is C25H31FN3O3+. The summed E-state index contributed by atoms with van der Waals surface area (Å²) in [7, 11) is 0. The summed E-state index contributed by atoms with van der Waals surface area (Å²) in [4.78, 5) is 13.6. The zero-order chi connectivity index (χ0) is 22.2. The van der Waals surface area contributed by atoms with Crippen molar-refractivity contribution in [2.24, 2.45) is 0 Å². The number of quaternary nitrogens is 1. The van der Waals surface area contributed by atoms with E-state index in [2.05, 4.69) is 29.7 Å². The van der Waals surface area contributed by atoms with Crippen molar-refractivity contribution < 1.29 is 18.7 Å². The fourth-order valence-electron chi connectivity index (χ4n) is 6.31. The Hall–Kier alpha value is -2.32. The van der Waals surface area contributed by atoms with E-state index in [9.17, 15) is 9.18 Å². The minimum absolute atomic E-state index is 0.0913. The van der Waals surface area contributed by atoms with E-state index in [1.165, 1.54) is 12.1 Å². The molecule has 1 amide bonds. The van der Waals surface area contributed by atoms with E-state index in [0.717, 1.165) is 43.6 Å².